The SMILES string of the molecule is CC[C@@H]1[C@@H]2[C@@H](F)[C@H](OC(C)=O)CC[C@]2(C)C2CC[C@@]3(C)C(CCC3[C@H](C)CCCC(=O)CS(=O)(=O)c3ccccc3)C2[C@@H]1O.CC[C@@H]1[C@@H]2[C@@H](F)[C@H](OC(C)=O)CC[C@]2(C)C2CC[C@@]3(C)C(CCC3[C@H](C)CCN=C=O)C2[C@@H]1O. The summed E-state index contributed by atoms with van der Waals surface area (Å²) in [7, 11) is -3.62. The predicted octanol–water partition coefficient (Wildman–Crippen LogP) is 12.5. The van der Waals surface area contributed by atoms with Crippen molar-refractivity contribution in [3.63, 3.8) is 0 Å². The van der Waals surface area contributed by atoms with Gasteiger partial charge in [-0.15, -0.1) is 0 Å². The number of aliphatic hydroxyl groups is 2. The van der Waals surface area contributed by atoms with Gasteiger partial charge in [-0.25, -0.2) is 27.0 Å². The van der Waals surface area contributed by atoms with Crippen molar-refractivity contribution in [1.29, 1.82) is 0 Å². The second-order valence-electron chi connectivity index (χ2n) is 27.7. The molecule has 0 bridgehead atoms. The fraction of sp³-hybridized carbons (Fsp3) is 0.844. The largest absolute Gasteiger partial charge is 0.459 e. The number of rotatable bonds is 16. The minimum Gasteiger partial charge on any atom is -0.459 e. The summed E-state index contributed by atoms with van der Waals surface area (Å²) in [6, 6.07) is 8.17. The highest BCUT2D eigenvalue weighted by Gasteiger charge is 2.69. The Hall–Kier alpha value is -3.06. The van der Waals surface area contributed by atoms with Crippen LogP contribution in [0.5, 0.6) is 0 Å². The molecule has 0 saturated heterocycles. The third-order valence-electron chi connectivity index (χ3n) is 24.2. The molecule has 9 rings (SSSR count). The lowest BCUT2D eigenvalue weighted by Gasteiger charge is -2.65. The number of sulfone groups is 1. The van der Waals surface area contributed by atoms with E-state index in [1.807, 2.05) is 0 Å². The highest BCUT2D eigenvalue weighted by molar-refractivity contribution is 7.92. The number of fused-ring (bicyclic) bond motifs is 10. The van der Waals surface area contributed by atoms with Crippen LogP contribution in [-0.4, -0.2) is 91.5 Å². The summed E-state index contributed by atoms with van der Waals surface area (Å²) in [6.07, 6.45) is 12.2. The zero-order valence-corrected chi connectivity index (χ0v) is 49.7. The van der Waals surface area contributed by atoms with Crippen molar-refractivity contribution in [3.8, 4) is 0 Å². The predicted molar refractivity (Wildman–Crippen MR) is 296 cm³/mol. The summed E-state index contributed by atoms with van der Waals surface area (Å²) in [4.78, 5) is 50.5. The van der Waals surface area contributed by atoms with Gasteiger partial charge < -0.3 is 19.7 Å². The van der Waals surface area contributed by atoms with Gasteiger partial charge in [-0.3, -0.25) is 14.4 Å². The smallest absolute Gasteiger partial charge is 0.303 e. The lowest BCUT2D eigenvalue weighted by atomic mass is 9.41. The van der Waals surface area contributed by atoms with Crippen LogP contribution in [0.2, 0.25) is 0 Å². The van der Waals surface area contributed by atoms with Crippen molar-refractivity contribution >= 4 is 33.6 Å². The van der Waals surface area contributed by atoms with Gasteiger partial charge in [0.2, 0.25) is 6.08 Å². The zero-order valence-electron chi connectivity index (χ0n) is 48.8. The number of ether oxygens (including phenoxy) is 2. The van der Waals surface area contributed by atoms with Crippen LogP contribution in [-0.2, 0) is 38.5 Å². The van der Waals surface area contributed by atoms with E-state index in [0.717, 1.165) is 83.5 Å². The van der Waals surface area contributed by atoms with E-state index in [4.69, 9.17) is 9.47 Å². The fourth-order valence-corrected chi connectivity index (χ4v) is 22.2. The quantitative estimate of drug-likeness (QED) is 0.0921. The summed E-state index contributed by atoms with van der Waals surface area (Å²) in [6.45, 7) is 21.3. The summed E-state index contributed by atoms with van der Waals surface area (Å²) < 4.78 is 68.3. The Bertz CT molecular complexity index is 2440. The van der Waals surface area contributed by atoms with Crippen LogP contribution in [0, 0.1) is 105 Å². The van der Waals surface area contributed by atoms with Crippen LogP contribution >= 0.6 is 0 Å². The number of benzene rings is 1. The Morgan fingerprint density at radius 2 is 1.09 bits per heavy atom. The van der Waals surface area contributed by atoms with Gasteiger partial charge in [-0.1, -0.05) is 92.9 Å². The molecule has 11 nitrogen and oxygen atoms in total. The van der Waals surface area contributed by atoms with E-state index in [1.165, 1.54) is 26.0 Å². The molecule has 8 saturated carbocycles. The summed E-state index contributed by atoms with van der Waals surface area (Å²) >= 11 is 0. The molecule has 8 fully saturated rings. The highest BCUT2D eigenvalue weighted by Crippen LogP contribution is 2.72. The molecule has 8 aliphatic rings. The Morgan fingerprint density at radius 3 is 1.51 bits per heavy atom. The number of carbonyl (C=O) groups excluding carboxylic acids is 4. The van der Waals surface area contributed by atoms with Gasteiger partial charge >= 0.3 is 11.9 Å². The number of esters is 2. The van der Waals surface area contributed by atoms with E-state index in [9.17, 15) is 37.8 Å². The van der Waals surface area contributed by atoms with Gasteiger partial charge in [0.15, 0.2) is 9.84 Å². The topological polar surface area (TPSA) is 174 Å². The Morgan fingerprint density at radius 1 is 0.667 bits per heavy atom. The summed E-state index contributed by atoms with van der Waals surface area (Å²) in [5.41, 5.74) is -0.164. The first-order valence-electron chi connectivity index (χ1n) is 30.7. The Labute approximate surface area is 466 Å². The van der Waals surface area contributed by atoms with Crippen LogP contribution in [0.15, 0.2) is 40.2 Å². The molecule has 24 atom stereocenters. The molecule has 14 heteroatoms. The number of ketones is 1. The highest BCUT2D eigenvalue weighted by atomic mass is 32.2. The first-order chi connectivity index (χ1) is 36.8. The lowest BCUT2D eigenvalue weighted by molar-refractivity contribution is -0.226. The van der Waals surface area contributed by atoms with Crippen molar-refractivity contribution in [1.82, 2.24) is 0 Å². The lowest BCUT2D eigenvalue weighted by Crippen LogP contribution is -2.65. The summed E-state index contributed by atoms with van der Waals surface area (Å²) in [5, 5.41) is 23.8. The number of hydrogen-bond donors (Lipinski definition) is 2. The number of Topliss-reactive ketones (excluding diaryl/α,β-unsaturated/α-hetero) is 1. The van der Waals surface area contributed by atoms with E-state index in [2.05, 4.69) is 60.4 Å². The standard InChI is InChI=1S/C36H53FO6S.C28H44FNO4/c1-6-26-32-33(37)30(43-23(3)38)18-20-36(32,5)29-17-19-35(4)27(15-16-28(35)31(29)34(26)40)22(2)11-10-12-24(39)21-44(41,42)25-13-8-7-9-14-25;1-6-18-24-25(29)22(34-17(3)32)10-13-28(24,5)21-9-12-27(4)19(16(2)11-14-30-15-31)7-8-20(27)23(21)26(18)33/h7-9,13-14,22,26-34,40H,6,10-12,15-21H2,1-5H3;16,18-26,33H,6-14H2,1-5H3/t22-,26-,27?,28?,29?,30-,31?,32-,33+,34-,35-,36-;16-,18-,19?,20?,21?,22-,23?,24-,25+,26-,27-,28-/m11/s1. The van der Waals surface area contributed by atoms with Crippen molar-refractivity contribution in [3.05, 3.63) is 30.3 Å². The summed E-state index contributed by atoms with van der Waals surface area (Å²) in [5.74, 6) is 1.22. The normalized spacial score (nSPS) is 44.2. The van der Waals surface area contributed by atoms with E-state index < -0.39 is 64.3 Å². The van der Waals surface area contributed by atoms with E-state index in [0.29, 0.717) is 73.7 Å². The van der Waals surface area contributed by atoms with Gasteiger partial charge in [0.05, 0.1) is 23.6 Å². The number of aliphatic imine (C=N–C) groups is 1. The first kappa shape index (κ1) is 61.0. The molecule has 8 aliphatic carbocycles. The number of carbonyl (C=O) groups is 3. The molecule has 0 spiro atoms. The Balaban J connectivity index is 0.000000213. The molecule has 0 heterocycles. The van der Waals surface area contributed by atoms with Gasteiger partial charge in [-0.2, -0.15) is 0 Å². The number of alkyl halides is 2. The molecular weight excluding hydrogens is 1010 g/mol. The minimum absolute atomic E-state index is 0.0772. The van der Waals surface area contributed by atoms with Crippen LogP contribution in [0.25, 0.3) is 0 Å². The molecule has 0 radical (unpaired) electrons. The molecule has 8 unspecified atom stereocenters. The molecular formula is C64H97F2NO10S. The number of nitrogens with zero attached hydrogens (tertiary/aromatic N) is 1. The minimum atomic E-state index is -3.62. The van der Waals surface area contributed by atoms with Gasteiger partial charge in [-0.05, 0) is 195 Å². The maximum absolute atomic E-state index is 16.2. The van der Waals surface area contributed by atoms with Gasteiger partial charge in [0, 0.05) is 32.1 Å². The number of aliphatic hydroxyl groups excluding tert-OH is 2. The molecule has 0 aromatic heterocycles. The average molecular weight is 1110 g/mol. The van der Waals surface area contributed by atoms with Crippen molar-refractivity contribution < 1.29 is 56.1 Å². The van der Waals surface area contributed by atoms with Crippen LogP contribution in [0.3, 0.4) is 0 Å². The van der Waals surface area contributed by atoms with E-state index >= 15 is 8.78 Å². The van der Waals surface area contributed by atoms with Crippen molar-refractivity contribution in [2.75, 3.05) is 12.3 Å². The number of halogens is 2. The maximum atomic E-state index is 16.2. The monoisotopic (exact) mass is 1110 g/mol. The molecule has 0 aliphatic heterocycles. The third-order valence-corrected chi connectivity index (χ3v) is 25.9. The zero-order chi connectivity index (χ0) is 56.9. The molecule has 0 amide bonds. The second-order valence-corrected chi connectivity index (χ2v) is 29.7. The van der Waals surface area contributed by atoms with Crippen LogP contribution in [0.1, 0.15) is 185 Å². The van der Waals surface area contributed by atoms with Gasteiger partial charge in [0.1, 0.15) is 36.1 Å². The van der Waals surface area contributed by atoms with E-state index in [1.54, 1.807) is 24.3 Å². The molecule has 1 aromatic carbocycles. The fourth-order valence-electron chi connectivity index (χ4n) is 20.9. The maximum Gasteiger partial charge on any atom is 0.303 e. The van der Waals surface area contributed by atoms with Gasteiger partial charge in [0.25, 0.3) is 0 Å². The molecule has 438 valence electrons. The van der Waals surface area contributed by atoms with Crippen LogP contribution < -0.4 is 0 Å². The number of isocyanates is 1. The third kappa shape index (κ3) is 11.0. The van der Waals surface area contributed by atoms with Crippen molar-refractivity contribution in [2.24, 2.45) is 110 Å². The van der Waals surface area contributed by atoms with Crippen LogP contribution in [0.4, 0.5) is 8.78 Å². The molecule has 1 aromatic rings. The average Bonchev–Trinajstić information content (AvgIpc) is 3.96. The Kier molecular flexibility index (Phi) is 18.8. The first-order valence-corrected chi connectivity index (χ1v) is 32.3. The van der Waals surface area contributed by atoms with E-state index in [-0.39, 0.29) is 80.2 Å². The molecule has 2 N–H and O–H groups in total. The number of hydrogen-bond acceptors (Lipinski definition) is 11. The second kappa shape index (κ2) is 24.0. The van der Waals surface area contributed by atoms with Crippen molar-refractivity contribution in [2.45, 2.75) is 226 Å². The molecule has 78 heavy (non-hydrogen) atoms.